The molecule has 26 heavy (non-hydrogen) atoms. The summed E-state index contributed by atoms with van der Waals surface area (Å²) >= 11 is 9.44. The number of ether oxygens (including phenoxy) is 2. The van der Waals surface area contributed by atoms with Crippen molar-refractivity contribution < 1.29 is 14.3 Å². The minimum atomic E-state index is 0.0210. The van der Waals surface area contributed by atoms with Gasteiger partial charge in [0.1, 0.15) is 13.2 Å². The molecule has 0 aliphatic carbocycles. The van der Waals surface area contributed by atoms with Gasteiger partial charge in [-0.3, -0.25) is 4.79 Å². The molecule has 4 nitrogen and oxygen atoms in total. The first-order valence-electron chi connectivity index (χ1n) is 8.43. The van der Waals surface area contributed by atoms with E-state index < -0.39 is 0 Å². The van der Waals surface area contributed by atoms with Crippen LogP contribution in [0.3, 0.4) is 0 Å². The molecule has 2 aliphatic heterocycles. The summed E-state index contributed by atoms with van der Waals surface area (Å²) in [6.45, 7) is 1.14. The fraction of sp³-hybridized carbons (Fsp3) is 0.316. The largest absolute Gasteiger partial charge is 0.486 e. The number of halogens is 1. The van der Waals surface area contributed by atoms with Gasteiger partial charge in [-0.1, -0.05) is 11.6 Å². The van der Waals surface area contributed by atoms with Crippen molar-refractivity contribution in [1.29, 1.82) is 0 Å². The van der Waals surface area contributed by atoms with E-state index in [-0.39, 0.29) is 11.9 Å². The number of benzene rings is 2. The highest BCUT2D eigenvalue weighted by molar-refractivity contribution is 8.00. The van der Waals surface area contributed by atoms with Gasteiger partial charge in [0.2, 0.25) is 5.91 Å². The Bertz CT molecular complexity index is 830. The molecule has 136 valence electrons. The number of amides is 1. The molecule has 0 spiro atoms. The molecule has 0 saturated heterocycles. The molecule has 2 aromatic carbocycles. The summed E-state index contributed by atoms with van der Waals surface area (Å²) in [4.78, 5) is 14.6. The summed E-state index contributed by atoms with van der Waals surface area (Å²) in [6, 6.07) is 11.7. The van der Waals surface area contributed by atoms with Crippen molar-refractivity contribution in [2.24, 2.45) is 0 Å². The molecule has 1 unspecified atom stereocenters. The lowest BCUT2D eigenvalue weighted by atomic mass is 10.0. The molecule has 0 saturated carbocycles. The van der Waals surface area contributed by atoms with Crippen LogP contribution < -0.4 is 14.8 Å². The number of hydrogen-bond donors (Lipinski definition) is 1. The summed E-state index contributed by atoms with van der Waals surface area (Å²) in [7, 11) is 0. The van der Waals surface area contributed by atoms with E-state index in [9.17, 15) is 4.79 Å². The van der Waals surface area contributed by atoms with E-state index in [0.717, 1.165) is 34.1 Å². The van der Waals surface area contributed by atoms with Gasteiger partial charge in [-0.15, -0.1) is 23.5 Å². The average molecular weight is 408 g/mol. The number of rotatable bonds is 4. The summed E-state index contributed by atoms with van der Waals surface area (Å²) in [5, 5.41) is 3.85. The molecule has 4 rings (SSSR count). The van der Waals surface area contributed by atoms with Crippen molar-refractivity contribution in [2.45, 2.75) is 22.3 Å². The minimum absolute atomic E-state index is 0.0210. The molecule has 0 aromatic heterocycles. The van der Waals surface area contributed by atoms with Gasteiger partial charge in [0.15, 0.2) is 11.5 Å². The quantitative estimate of drug-likeness (QED) is 0.753. The Balaban J connectivity index is 1.37. The van der Waals surface area contributed by atoms with Crippen LogP contribution >= 0.6 is 35.1 Å². The van der Waals surface area contributed by atoms with Gasteiger partial charge in [-0.05, 0) is 48.4 Å². The van der Waals surface area contributed by atoms with E-state index >= 15 is 0 Å². The van der Waals surface area contributed by atoms with Crippen LogP contribution in [-0.2, 0) is 4.79 Å². The molecule has 2 heterocycles. The van der Waals surface area contributed by atoms with E-state index in [0.29, 0.717) is 24.0 Å². The smallest absolute Gasteiger partial charge is 0.230 e. The highest BCUT2D eigenvalue weighted by atomic mass is 35.5. The number of fused-ring (bicyclic) bond motifs is 2. The molecule has 0 radical (unpaired) electrons. The highest BCUT2D eigenvalue weighted by Crippen LogP contribution is 2.38. The van der Waals surface area contributed by atoms with Crippen LogP contribution in [0.25, 0.3) is 0 Å². The van der Waals surface area contributed by atoms with Gasteiger partial charge >= 0.3 is 0 Å². The molecular formula is C19H18ClNO3S2. The number of carbonyl (C=O) groups is 1. The fourth-order valence-electron chi connectivity index (χ4n) is 3.01. The Kier molecular flexibility index (Phi) is 5.52. The Hall–Kier alpha value is -1.50. The number of hydrogen-bond acceptors (Lipinski definition) is 5. The lowest BCUT2D eigenvalue weighted by molar-refractivity contribution is -0.119. The van der Waals surface area contributed by atoms with Crippen LogP contribution in [0.4, 0.5) is 0 Å². The fourth-order valence-corrected chi connectivity index (χ4v) is 5.04. The third-order valence-electron chi connectivity index (χ3n) is 4.23. The van der Waals surface area contributed by atoms with Crippen molar-refractivity contribution in [3.63, 3.8) is 0 Å². The first-order chi connectivity index (χ1) is 12.7. The predicted octanol–water partition coefficient (Wildman–Crippen LogP) is 4.56. The topological polar surface area (TPSA) is 47.6 Å². The van der Waals surface area contributed by atoms with Crippen molar-refractivity contribution in [1.82, 2.24) is 5.32 Å². The maximum absolute atomic E-state index is 12.4. The minimum Gasteiger partial charge on any atom is -0.486 e. The number of carbonyl (C=O) groups excluding carboxylic acids is 1. The monoisotopic (exact) mass is 407 g/mol. The van der Waals surface area contributed by atoms with Crippen LogP contribution in [-0.4, -0.2) is 30.6 Å². The second kappa shape index (κ2) is 8.03. The van der Waals surface area contributed by atoms with Crippen molar-refractivity contribution in [3.8, 4) is 11.5 Å². The Morgan fingerprint density at radius 3 is 2.92 bits per heavy atom. The standard InChI is InChI=1S/C19H18ClNO3S2/c20-12-1-4-18-14(9-12)15(5-8-25-18)21-19(22)11-26-13-2-3-16-17(10-13)24-7-6-23-16/h1-4,9-10,15H,5-8,11H2,(H,21,22). The zero-order valence-electron chi connectivity index (χ0n) is 14.0. The molecule has 0 bridgehead atoms. The normalized spacial score (nSPS) is 18.1. The highest BCUT2D eigenvalue weighted by Gasteiger charge is 2.22. The molecule has 7 heteroatoms. The number of thioether (sulfide) groups is 2. The van der Waals surface area contributed by atoms with Crippen molar-refractivity contribution >= 4 is 41.0 Å². The SMILES string of the molecule is O=C(CSc1ccc2c(c1)OCCO2)NC1CCSc2ccc(Cl)cc21. The second-order valence-electron chi connectivity index (χ2n) is 6.03. The van der Waals surface area contributed by atoms with Crippen molar-refractivity contribution in [2.75, 3.05) is 24.7 Å². The van der Waals surface area contributed by atoms with E-state index in [4.69, 9.17) is 21.1 Å². The maximum Gasteiger partial charge on any atom is 0.230 e. The van der Waals surface area contributed by atoms with Gasteiger partial charge in [0.25, 0.3) is 0 Å². The van der Waals surface area contributed by atoms with E-state index in [1.807, 2.05) is 48.2 Å². The zero-order valence-corrected chi connectivity index (χ0v) is 16.4. The van der Waals surface area contributed by atoms with Crippen LogP contribution in [0.1, 0.15) is 18.0 Å². The lowest BCUT2D eigenvalue weighted by Gasteiger charge is -2.26. The first-order valence-corrected chi connectivity index (χ1v) is 10.8. The number of nitrogens with one attached hydrogen (secondary N) is 1. The van der Waals surface area contributed by atoms with Gasteiger partial charge in [0.05, 0.1) is 11.8 Å². The van der Waals surface area contributed by atoms with Gasteiger partial charge in [-0.2, -0.15) is 0 Å². The third-order valence-corrected chi connectivity index (χ3v) is 6.58. The van der Waals surface area contributed by atoms with E-state index in [2.05, 4.69) is 5.32 Å². The average Bonchev–Trinajstić information content (AvgIpc) is 2.67. The van der Waals surface area contributed by atoms with E-state index in [1.54, 1.807) is 0 Å². The second-order valence-corrected chi connectivity index (χ2v) is 8.66. The molecule has 1 atom stereocenters. The summed E-state index contributed by atoms with van der Waals surface area (Å²) in [5.41, 5.74) is 1.12. The van der Waals surface area contributed by atoms with Crippen LogP contribution in [0.5, 0.6) is 11.5 Å². The maximum atomic E-state index is 12.4. The van der Waals surface area contributed by atoms with Crippen LogP contribution in [0.2, 0.25) is 5.02 Å². The molecular weight excluding hydrogens is 390 g/mol. The molecule has 2 aromatic rings. The van der Waals surface area contributed by atoms with Gasteiger partial charge in [-0.25, -0.2) is 0 Å². The molecule has 1 amide bonds. The Labute approximate surface area is 166 Å². The first kappa shape index (κ1) is 17.9. The Morgan fingerprint density at radius 1 is 1.19 bits per heavy atom. The molecule has 0 fully saturated rings. The van der Waals surface area contributed by atoms with Crippen LogP contribution in [0, 0.1) is 0 Å². The summed E-state index contributed by atoms with van der Waals surface area (Å²) < 4.78 is 11.1. The molecule has 1 N–H and O–H groups in total. The predicted molar refractivity (Wildman–Crippen MR) is 106 cm³/mol. The zero-order chi connectivity index (χ0) is 17.9. The van der Waals surface area contributed by atoms with Crippen LogP contribution in [0.15, 0.2) is 46.2 Å². The van der Waals surface area contributed by atoms with Gasteiger partial charge < -0.3 is 14.8 Å². The van der Waals surface area contributed by atoms with Gasteiger partial charge in [0, 0.05) is 20.6 Å². The third kappa shape index (κ3) is 4.08. The van der Waals surface area contributed by atoms with E-state index in [1.165, 1.54) is 16.7 Å². The molecule has 2 aliphatic rings. The summed E-state index contributed by atoms with van der Waals surface area (Å²) in [5.74, 6) is 2.88. The summed E-state index contributed by atoms with van der Waals surface area (Å²) in [6.07, 6.45) is 0.915. The van der Waals surface area contributed by atoms with Crippen molar-refractivity contribution in [3.05, 3.63) is 47.0 Å². The Morgan fingerprint density at radius 2 is 2.04 bits per heavy atom. The lowest BCUT2D eigenvalue weighted by Crippen LogP contribution is -2.31.